The quantitative estimate of drug-likeness (QED) is 0.472. The first kappa shape index (κ1) is 11.7. The van der Waals surface area contributed by atoms with Crippen molar-refractivity contribution in [1.82, 2.24) is 9.97 Å². The molecule has 0 unspecified atom stereocenters. The summed E-state index contributed by atoms with van der Waals surface area (Å²) in [6.45, 7) is 0. The fraction of sp³-hybridized carbons (Fsp3) is 0. The number of aromatic nitrogens is 2. The van der Waals surface area contributed by atoms with Gasteiger partial charge in [0, 0.05) is 23.3 Å². The topological polar surface area (TPSA) is 65.9 Å². The van der Waals surface area contributed by atoms with E-state index in [4.69, 9.17) is 0 Å². The van der Waals surface area contributed by atoms with E-state index < -0.39 is 5.97 Å². The molecule has 0 aromatic carbocycles. The van der Waals surface area contributed by atoms with Gasteiger partial charge in [0.1, 0.15) is 0 Å². The van der Waals surface area contributed by atoms with Crippen molar-refractivity contribution in [2.75, 3.05) is 0 Å². The number of pyridine rings is 2. The van der Waals surface area contributed by atoms with E-state index in [9.17, 15) is 9.90 Å². The second-order valence-corrected chi connectivity index (χ2v) is 2.56. The van der Waals surface area contributed by atoms with E-state index >= 15 is 0 Å². The summed E-state index contributed by atoms with van der Waals surface area (Å²) in [5.41, 5.74) is 0.605. The molecule has 0 spiro atoms. The van der Waals surface area contributed by atoms with Crippen molar-refractivity contribution < 1.29 is 61.3 Å². The first-order valence-electron chi connectivity index (χ1n) is 3.69. The van der Waals surface area contributed by atoms with Gasteiger partial charge in [-0.25, -0.2) is 9.97 Å². The number of hydrogen-bond donors (Lipinski definition) is 0. The fourth-order valence-corrected chi connectivity index (χ4v) is 1.08. The van der Waals surface area contributed by atoms with E-state index in [0.29, 0.717) is 11.0 Å². The largest absolute Gasteiger partial charge is 1.00 e. The number of nitrogens with zero attached hydrogens (tertiary/aromatic N) is 2. The zero-order chi connectivity index (χ0) is 9.26. The van der Waals surface area contributed by atoms with Crippen molar-refractivity contribution >= 4 is 17.0 Å². The van der Waals surface area contributed by atoms with Gasteiger partial charge < -0.3 is 9.90 Å². The first-order chi connectivity index (χ1) is 6.27. The van der Waals surface area contributed by atoms with Crippen LogP contribution >= 0.6 is 0 Å². The SMILES string of the molecule is O=C([O-])c1cnc2ncccc2c1.[K+]. The molecule has 0 N–H and O–H groups in total. The summed E-state index contributed by atoms with van der Waals surface area (Å²) in [7, 11) is 0. The number of rotatable bonds is 1. The van der Waals surface area contributed by atoms with Crippen LogP contribution in [-0.4, -0.2) is 15.9 Å². The number of carbonyl (C=O) groups excluding carboxylic acids is 1. The second kappa shape index (κ2) is 4.95. The van der Waals surface area contributed by atoms with Gasteiger partial charge in [0.05, 0.1) is 5.97 Å². The monoisotopic (exact) mass is 212 g/mol. The average Bonchev–Trinajstić information content (AvgIpc) is 2.17. The van der Waals surface area contributed by atoms with Crippen molar-refractivity contribution in [2.45, 2.75) is 0 Å². The van der Waals surface area contributed by atoms with Crippen LogP contribution in [-0.2, 0) is 0 Å². The Hall–Kier alpha value is -0.334. The predicted molar refractivity (Wildman–Crippen MR) is 43.9 cm³/mol. The Morgan fingerprint density at radius 2 is 2.14 bits per heavy atom. The molecule has 0 amide bonds. The number of aromatic carboxylic acids is 1. The van der Waals surface area contributed by atoms with Crippen molar-refractivity contribution in [2.24, 2.45) is 0 Å². The molecule has 0 fully saturated rings. The molecule has 14 heavy (non-hydrogen) atoms. The minimum Gasteiger partial charge on any atom is -0.545 e. The summed E-state index contributed by atoms with van der Waals surface area (Å²) >= 11 is 0. The Kier molecular flexibility index (Phi) is 4.15. The summed E-state index contributed by atoms with van der Waals surface area (Å²) < 4.78 is 0. The molecule has 2 aromatic heterocycles. The molecule has 4 nitrogen and oxygen atoms in total. The molecular weight excluding hydrogens is 207 g/mol. The van der Waals surface area contributed by atoms with Gasteiger partial charge in [-0.3, -0.25) is 0 Å². The van der Waals surface area contributed by atoms with Gasteiger partial charge >= 0.3 is 51.4 Å². The zero-order valence-corrected chi connectivity index (χ0v) is 10.7. The summed E-state index contributed by atoms with van der Waals surface area (Å²) in [6.07, 6.45) is 2.85. The Balaban J connectivity index is 0.000000980. The summed E-state index contributed by atoms with van der Waals surface area (Å²) in [5.74, 6) is -1.22. The molecule has 0 aliphatic rings. The van der Waals surface area contributed by atoms with Gasteiger partial charge in [-0.1, -0.05) is 0 Å². The normalized spacial score (nSPS) is 9.43. The molecule has 0 saturated heterocycles. The summed E-state index contributed by atoms with van der Waals surface area (Å²) in [6, 6.07) is 4.97. The summed E-state index contributed by atoms with van der Waals surface area (Å²) in [5, 5.41) is 11.2. The Labute approximate surface area is 123 Å². The van der Waals surface area contributed by atoms with E-state index in [-0.39, 0.29) is 56.9 Å². The third kappa shape index (κ3) is 2.37. The van der Waals surface area contributed by atoms with Crippen LogP contribution in [0.25, 0.3) is 11.0 Å². The zero-order valence-electron chi connectivity index (χ0n) is 7.60. The van der Waals surface area contributed by atoms with Crippen LogP contribution < -0.4 is 56.5 Å². The number of fused-ring (bicyclic) bond motifs is 1. The van der Waals surface area contributed by atoms with E-state index in [2.05, 4.69) is 9.97 Å². The fourth-order valence-electron chi connectivity index (χ4n) is 1.08. The van der Waals surface area contributed by atoms with E-state index in [0.717, 1.165) is 0 Å². The van der Waals surface area contributed by atoms with Crippen LogP contribution in [0.3, 0.4) is 0 Å². The molecule has 2 rings (SSSR count). The van der Waals surface area contributed by atoms with Gasteiger partial charge in [0.15, 0.2) is 5.65 Å². The van der Waals surface area contributed by atoms with Crippen molar-refractivity contribution in [3.8, 4) is 0 Å². The molecule has 0 saturated carbocycles. The molecule has 0 aliphatic heterocycles. The molecule has 2 heterocycles. The van der Waals surface area contributed by atoms with Crippen LogP contribution in [0.1, 0.15) is 10.4 Å². The Bertz CT molecular complexity index is 473. The van der Waals surface area contributed by atoms with Crippen LogP contribution in [0, 0.1) is 0 Å². The average molecular weight is 212 g/mol. The van der Waals surface area contributed by atoms with Crippen LogP contribution in [0.15, 0.2) is 30.6 Å². The maximum Gasteiger partial charge on any atom is 1.00 e. The molecule has 0 radical (unpaired) electrons. The molecular formula is C9H5KN2O2. The molecule has 0 bridgehead atoms. The van der Waals surface area contributed by atoms with Gasteiger partial charge in [0.25, 0.3) is 0 Å². The second-order valence-electron chi connectivity index (χ2n) is 2.56. The van der Waals surface area contributed by atoms with Crippen LogP contribution in [0.2, 0.25) is 0 Å². The number of carboxylic acids is 1. The van der Waals surface area contributed by atoms with E-state index in [1.54, 1.807) is 18.3 Å². The van der Waals surface area contributed by atoms with Gasteiger partial charge in [-0.15, -0.1) is 0 Å². The van der Waals surface area contributed by atoms with Crippen molar-refractivity contribution in [3.05, 3.63) is 36.2 Å². The molecule has 2 aromatic rings. The standard InChI is InChI=1S/C9H6N2O2.K/c12-9(13)7-4-6-2-1-3-10-8(6)11-5-7;/h1-5H,(H,12,13);/q;+1/p-1. The third-order valence-corrected chi connectivity index (χ3v) is 1.69. The van der Waals surface area contributed by atoms with Crippen LogP contribution in [0.5, 0.6) is 0 Å². The predicted octanol–water partition coefficient (Wildman–Crippen LogP) is -3.00. The van der Waals surface area contributed by atoms with Crippen molar-refractivity contribution in [3.63, 3.8) is 0 Å². The van der Waals surface area contributed by atoms with Gasteiger partial charge in [0.2, 0.25) is 0 Å². The molecule has 64 valence electrons. The molecule has 0 aliphatic carbocycles. The molecule has 5 heteroatoms. The Morgan fingerprint density at radius 3 is 2.86 bits per heavy atom. The van der Waals surface area contributed by atoms with E-state index in [1.165, 1.54) is 12.3 Å². The van der Waals surface area contributed by atoms with E-state index in [1.807, 2.05) is 0 Å². The van der Waals surface area contributed by atoms with Gasteiger partial charge in [-0.05, 0) is 18.2 Å². The number of hydrogen-bond acceptors (Lipinski definition) is 4. The Morgan fingerprint density at radius 1 is 1.36 bits per heavy atom. The summed E-state index contributed by atoms with van der Waals surface area (Å²) in [4.78, 5) is 18.3. The maximum absolute atomic E-state index is 10.5. The molecule has 0 atom stereocenters. The van der Waals surface area contributed by atoms with Crippen molar-refractivity contribution in [1.29, 1.82) is 0 Å². The third-order valence-electron chi connectivity index (χ3n) is 1.69. The minimum absolute atomic E-state index is 0. The number of carboxylic acid groups (broad SMARTS) is 1. The maximum atomic E-state index is 10.5. The smallest absolute Gasteiger partial charge is 0.545 e. The van der Waals surface area contributed by atoms with Crippen LogP contribution in [0.4, 0.5) is 0 Å². The minimum atomic E-state index is -1.22. The number of carbonyl (C=O) groups is 1. The first-order valence-corrected chi connectivity index (χ1v) is 3.69. The van der Waals surface area contributed by atoms with Gasteiger partial charge in [-0.2, -0.15) is 0 Å².